The van der Waals surface area contributed by atoms with Gasteiger partial charge in [-0.05, 0) is 24.3 Å². The van der Waals surface area contributed by atoms with Crippen molar-refractivity contribution in [3.8, 4) is 11.3 Å². The summed E-state index contributed by atoms with van der Waals surface area (Å²) < 4.78 is 1.01. The molecule has 0 spiro atoms. The molecule has 1 aliphatic heterocycles. The number of fused-ring (bicyclic) bond motifs is 1. The summed E-state index contributed by atoms with van der Waals surface area (Å²) in [6, 6.07) is 15.7. The molecule has 0 radical (unpaired) electrons. The van der Waals surface area contributed by atoms with Gasteiger partial charge in [0.05, 0.1) is 35.4 Å². The lowest BCUT2D eigenvalue weighted by Gasteiger charge is -2.16. The Bertz CT molecular complexity index is 1220. The molecule has 3 heterocycles. The first kappa shape index (κ1) is 18.1. The minimum atomic E-state index is 0.169. The molecule has 2 aromatic carbocycles. The van der Waals surface area contributed by atoms with Crippen LogP contribution in [-0.4, -0.2) is 37.3 Å². The zero-order chi connectivity index (χ0) is 20.0. The van der Waals surface area contributed by atoms with Crippen LogP contribution in [0, 0.1) is 5.41 Å². The monoisotopic (exact) mass is 465 g/mol. The first-order chi connectivity index (χ1) is 14.1. The van der Waals surface area contributed by atoms with Crippen molar-refractivity contribution >= 4 is 49.7 Å². The first-order valence-corrected chi connectivity index (χ1v) is 10.7. The van der Waals surface area contributed by atoms with E-state index in [-0.39, 0.29) is 18.1 Å². The van der Waals surface area contributed by atoms with Crippen LogP contribution in [0.5, 0.6) is 0 Å². The van der Waals surface area contributed by atoms with Gasteiger partial charge in [-0.15, -0.1) is 11.3 Å². The van der Waals surface area contributed by atoms with Crippen LogP contribution in [0.3, 0.4) is 0 Å². The van der Waals surface area contributed by atoms with Gasteiger partial charge in [-0.2, -0.15) is 0 Å². The van der Waals surface area contributed by atoms with E-state index in [0.717, 1.165) is 32.6 Å². The van der Waals surface area contributed by atoms with Crippen molar-refractivity contribution in [2.45, 2.75) is 6.54 Å². The van der Waals surface area contributed by atoms with Crippen molar-refractivity contribution in [1.82, 2.24) is 19.9 Å². The minimum absolute atomic E-state index is 0.169. The van der Waals surface area contributed by atoms with Crippen LogP contribution in [0.25, 0.3) is 27.9 Å². The Morgan fingerprint density at radius 2 is 1.93 bits per heavy atom. The molecule has 29 heavy (non-hydrogen) atoms. The second kappa shape index (κ2) is 7.13. The number of aliphatic hydroxyl groups is 1. The molecule has 1 aliphatic rings. The van der Waals surface area contributed by atoms with Crippen LogP contribution in [-0.2, 0) is 6.54 Å². The normalized spacial score (nSPS) is 14.4. The fourth-order valence-electron chi connectivity index (χ4n) is 3.40. The molecule has 3 N–H and O–H groups in total. The van der Waals surface area contributed by atoms with Gasteiger partial charge in [-0.3, -0.25) is 5.41 Å². The van der Waals surface area contributed by atoms with E-state index in [1.54, 1.807) is 4.90 Å². The number of aromatic nitrogens is 3. The molecular weight excluding hydrogens is 450 g/mol. The number of nitrogens with zero attached hydrogens (tertiary/aromatic N) is 3. The highest BCUT2D eigenvalue weighted by atomic mass is 79.9. The molecule has 5 rings (SSSR count). The van der Waals surface area contributed by atoms with E-state index >= 15 is 0 Å². The number of para-hydroxylation sites is 2. The highest BCUT2D eigenvalue weighted by molar-refractivity contribution is 9.10. The molecule has 0 unspecified atom stereocenters. The van der Waals surface area contributed by atoms with Crippen molar-refractivity contribution in [1.29, 1.82) is 5.41 Å². The minimum Gasteiger partial charge on any atom is -0.510 e. The Balaban J connectivity index is 1.38. The largest absolute Gasteiger partial charge is 0.510 e. The molecule has 0 aliphatic carbocycles. The summed E-state index contributed by atoms with van der Waals surface area (Å²) in [6.45, 7) is 0.699. The summed E-state index contributed by atoms with van der Waals surface area (Å²) in [5.41, 5.74) is 4.18. The Hall–Kier alpha value is -2.97. The summed E-state index contributed by atoms with van der Waals surface area (Å²) in [4.78, 5) is 14.3. The van der Waals surface area contributed by atoms with Gasteiger partial charge in [-0.1, -0.05) is 40.2 Å². The average Bonchev–Trinajstić information content (AvgIpc) is 3.40. The fourth-order valence-corrected chi connectivity index (χ4v) is 4.56. The Morgan fingerprint density at radius 3 is 2.72 bits per heavy atom. The van der Waals surface area contributed by atoms with Gasteiger partial charge in [0.1, 0.15) is 22.4 Å². The lowest BCUT2D eigenvalue weighted by atomic mass is 10.2. The first-order valence-electron chi connectivity index (χ1n) is 9.00. The number of halogens is 1. The van der Waals surface area contributed by atoms with E-state index in [0.29, 0.717) is 17.1 Å². The molecule has 0 amide bonds. The number of benzene rings is 2. The molecule has 6 nitrogen and oxygen atoms in total. The molecule has 144 valence electrons. The van der Waals surface area contributed by atoms with Gasteiger partial charge in [-0.25, -0.2) is 9.97 Å². The SMILES string of the molecule is N=C1C(c2nc(-c3ccc(Br)cc3)cs2)=C(O)CN1Cc1nc2ccccc2[nH]1. The number of amidine groups is 1. The maximum absolute atomic E-state index is 10.5. The third-order valence-electron chi connectivity index (χ3n) is 4.82. The van der Waals surface area contributed by atoms with Gasteiger partial charge in [0, 0.05) is 15.4 Å². The number of hydrogen-bond donors (Lipinski definition) is 3. The summed E-state index contributed by atoms with van der Waals surface area (Å²) in [5, 5.41) is 21.7. The highest BCUT2D eigenvalue weighted by Crippen LogP contribution is 2.33. The Labute approximate surface area is 179 Å². The summed E-state index contributed by atoms with van der Waals surface area (Å²) in [7, 11) is 0. The summed E-state index contributed by atoms with van der Waals surface area (Å²) >= 11 is 4.87. The van der Waals surface area contributed by atoms with Gasteiger partial charge in [0.25, 0.3) is 0 Å². The number of nitrogens with one attached hydrogen (secondary N) is 2. The number of rotatable bonds is 4. The standard InChI is InChI=1S/C21H16BrN5OS/c22-13-7-5-12(6-8-13)16-11-29-21(26-16)19-17(28)9-27(20(19)23)10-18-24-14-3-1-2-4-15(14)25-18/h1-8,11,23,28H,9-10H2,(H,24,25). The quantitative estimate of drug-likeness (QED) is 0.385. The topological polar surface area (TPSA) is 88.9 Å². The fraction of sp³-hybridized carbons (Fsp3) is 0.0952. The lowest BCUT2D eigenvalue weighted by Crippen LogP contribution is -2.26. The van der Waals surface area contributed by atoms with Crippen LogP contribution in [0.15, 0.2) is 64.1 Å². The molecule has 4 aromatic rings. The van der Waals surface area contributed by atoms with Gasteiger partial charge in [0.2, 0.25) is 0 Å². The second-order valence-electron chi connectivity index (χ2n) is 6.77. The number of aliphatic hydroxyl groups excluding tert-OH is 1. The predicted molar refractivity (Wildman–Crippen MR) is 119 cm³/mol. The molecule has 8 heteroatoms. The molecule has 0 bridgehead atoms. The number of H-pyrrole nitrogens is 1. The van der Waals surface area contributed by atoms with E-state index in [4.69, 9.17) is 5.41 Å². The van der Waals surface area contributed by atoms with Crippen molar-refractivity contribution in [3.05, 3.63) is 75.0 Å². The summed E-state index contributed by atoms with van der Waals surface area (Å²) in [5.74, 6) is 1.20. The Kier molecular flexibility index (Phi) is 4.44. The van der Waals surface area contributed by atoms with Crippen molar-refractivity contribution in [2.75, 3.05) is 6.54 Å². The van der Waals surface area contributed by atoms with Crippen LogP contribution in [0.2, 0.25) is 0 Å². The molecule has 0 saturated heterocycles. The van der Waals surface area contributed by atoms with Crippen LogP contribution < -0.4 is 0 Å². The molecule has 2 aromatic heterocycles. The zero-order valence-corrected chi connectivity index (χ0v) is 17.6. The molecule has 0 fully saturated rings. The highest BCUT2D eigenvalue weighted by Gasteiger charge is 2.30. The van der Waals surface area contributed by atoms with Crippen LogP contribution >= 0.6 is 27.3 Å². The van der Waals surface area contributed by atoms with E-state index < -0.39 is 0 Å². The van der Waals surface area contributed by atoms with Crippen molar-refractivity contribution in [2.24, 2.45) is 0 Å². The zero-order valence-electron chi connectivity index (χ0n) is 15.2. The third-order valence-corrected chi connectivity index (χ3v) is 6.21. The smallest absolute Gasteiger partial charge is 0.135 e. The third kappa shape index (κ3) is 3.34. The van der Waals surface area contributed by atoms with Crippen LogP contribution in [0.1, 0.15) is 10.8 Å². The van der Waals surface area contributed by atoms with E-state index in [1.165, 1.54) is 11.3 Å². The van der Waals surface area contributed by atoms with Gasteiger partial charge in [0.15, 0.2) is 0 Å². The van der Waals surface area contributed by atoms with E-state index in [2.05, 4.69) is 30.9 Å². The van der Waals surface area contributed by atoms with Gasteiger partial charge < -0.3 is 15.0 Å². The number of thiazole rings is 1. The number of hydrogen-bond acceptors (Lipinski definition) is 5. The van der Waals surface area contributed by atoms with Crippen molar-refractivity contribution < 1.29 is 5.11 Å². The maximum atomic E-state index is 10.5. The second-order valence-corrected chi connectivity index (χ2v) is 8.55. The average molecular weight is 466 g/mol. The van der Waals surface area contributed by atoms with E-state index in [9.17, 15) is 5.11 Å². The number of aromatic amines is 1. The summed E-state index contributed by atoms with van der Waals surface area (Å²) in [6.07, 6.45) is 0. The molecule has 0 atom stereocenters. The molecule has 0 saturated carbocycles. The Morgan fingerprint density at radius 1 is 1.14 bits per heavy atom. The lowest BCUT2D eigenvalue weighted by molar-refractivity contribution is 0.344. The maximum Gasteiger partial charge on any atom is 0.135 e. The molecular formula is C21H16BrN5OS. The van der Waals surface area contributed by atoms with Crippen molar-refractivity contribution in [3.63, 3.8) is 0 Å². The predicted octanol–water partition coefficient (Wildman–Crippen LogP) is 5.21. The van der Waals surface area contributed by atoms with Crippen LogP contribution in [0.4, 0.5) is 0 Å². The number of imidazole rings is 1. The van der Waals surface area contributed by atoms with Gasteiger partial charge >= 0.3 is 0 Å². The van der Waals surface area contributed by atoms with E-state index in [1.807, 2.05) is 53.9 Å².